The smallest absolute Gasteiger partial charge is 0.320 e. The van der Waals surface area contributed by atoms with E-state index < -0.39 is 12.0 Å². The topological polar surface area (TPSA) is 72.5 Å². The van der Waals surface area contributed by atoms with E-state index in [0.29, 0.717) is 19.4 Å². The van der Waals surface area contributed by atoms with Gasteiger partial charge >= 0.3 is 5.97 Å². The van der Waals surface area contributed by atoms with E-state index in [1.807, 2.05) is 24.3 Å². The zero-order valence-electron chi connectivity index (χ0n) is 9.63. The summed E-state index contributed by atoms with van der Waals surface area (Å²) in [4.78, 5) is 10.6. The molecule has 1 aromatic carbocycles. The number of benzene rings is 1. The third-order valence-corrected chi connectivity index (χ3v) is 2.37. The molecule has 0 radical (unpaired) electrons. The van der Waals surface area contributed by atoms with Crippen molar-refractivity contribution in [2.24, 2.45) is 5.73 Å². The van der Waals surface area contributed by atoms with Crippen LogP contribution in [-0.4, -0.2) is 23.7 Å². The lowest BCUT2D eigenvalue weighted by molar-refractivity contribution is -0.138. The molecule has 0 fully saturated rings. The van der Waals surface area contributed by atoms with Crippen LogP contribution in [0.1, 0.15) is 12.0 Å². The predicted molar refractivity (Wildman–Crippen MR) is 66.1 cm³/mol. The number of hydrogen-bond acceptors (Lipinski definition) is 3. The summed E-state index contributed by atoms with van der Waals surface area (Å²) >= 11 is 0. The Kier molecular flexibility index (Phi) is 5.23. The number of aliphatic carboxylic acids is 1. The highest BCUT2D eigenvalue weighted by molar-refractivity contribution is 5.73. The second-order valence-electron chi connectivity index (χ2n) is 3.69. The van der Waals surface area contributed by atoms with Gasteiger partial charge in [-0.2, -0.15) is 0 Å². The van der Waals surface area contributed by atoms with E-state index in [0.717, 1.165) is 11.3 Å². The molecule has 0 aliphatic heterocycles. The second-order valence-corrected chi connectivity index (χ2v) is 3.69. The van der Waals surface area contributed by atoms with Crippen molar-refractivity contribution >= 4 is 5.97 Å². The quantitative estimate of drug-likeness (QED) is 0.704. The monoisotopic (exact) mass is 235 g/mol. The minimum absolute atomic E-state index is 0.393. The van der Waals surface area contributed by atoms with E-state index in [1.54, 1.807) is 6.08 Å². The normalized spacial score (nSPS) is 11.8. The van der Waals surface area contributed by atoms with Gasteiger partial charge < -0.3 is 15.6 Å². The van der Waals surface area contributed by atoms with Crippen molar-refractivity contribution in [3.8, 4) is 5.75 Å². The molecular weight excluding hydrogens is 218 g/mol. The van der Waals surface area contributed by atoms with Crippen LogP contribution in [0.15, 0.2) is 36.9 Å². The first-order chi connectivity index (χ1) is 8.15. The molecule has 17 heavy (non-hydrogen) atoms. The fourth-order valence-corrected chi connectivity index (χ4v) is 1.43. The van der Waals surface area contributed by atoms with Crippen molar-refractivity contribution in [3.05, 3.63) is 42.5 Å². The van der Waals surface area contributed by atoms with E-state index in [1.165, 1.54) is 0 Å². The van der Waals surface area contributed by atoms with Crippen LogP contribution in [-0.2, 0) is 11.2 Å². The molecule has 1 rings (SSSR count). The second kappa shape index (κ2) is 6.70. The highest BCUT2D eigenvalue weighted by Crippen LogP contribution is 2.19. The summed E-state index contributed by atoms with van der Waals surface area (Å²) in [5, 5.41) is 8.70. The largest absolute Gasteiger partial charge is 0.489 e. The Morgan fingerprint density at radius 3 is 2.88 bits per heavy atom. The van der Waals surface area contributed by atoms with Gasteiger partial charge in [-0.3, -0.25) is 4.79 Å². The van der Waals surface area contributed by atoms with Crippen LogP contribution in [0.2, 0.25) is 0 Å². The first kappa shape index (κ1) is 13.3. The third kappa shape index (κ3) is 4.28. The van der Waals surface area contributed by atoms with Gasteiger partial charge in [-0.05, 0) is 24.5 Å². The van der Waals surface area contributed by atoms with Gasteiger partial charge in [-0.1, -0.05) is 30.9 Å². The van der Waals surface area contributed by atoms with Crippen LogP contribution >= 0.6 is 0 Å². The van der Waals surface area contributed by atoms with Crippen LogP contribution in [0.5, 0.6) is 5.75 Å². The van der Waals surface area contributed by atoms with Crippen molar-refractivity contribution < 1.29 is 14.6 Å². The van der Waals surface area contributed by atoms with Gasteiger partial charge in [0.25, 0.3) is 0 Å². The predicted octanol–water partition coefficient (Wildman–Crippen LogP) is 1.60. The van der Waals surface area contributed by atoms with Crippen LogP contribution < -0.4 is 10.5 Å². The van der Waals surface area contributed by atoms with Crippen LogP contribution in [0, 0.1) is 0 Å². The van der Waals surface area contributed by atoms with E-state index in [9.17, 15) is 4.79 Å². The molecule has 1 atom stereocenters. The molecule has 4 nitrogen and oxygen atoms in total. The molecule has 0 spiro atoms. The van der Waals surface area contributed by atoms with Gasteiger partial charge in [0.15, 0.2) is 0 Å². The maximum absolute atomic E-state index is 10.6. The molecule has 1 aromatic rings. The van der Waals surface area contributed by atoms with Gasteiger partial charge in [0.1, 0.15) is 18.4 Å². The Bertz CT molecular complexity index is 390. The lowest BCUT2D eigenvalue weighted by atomic mass is 10.0. The van der Waals surface area contributed by atoms with E-state index in [-0.39, 0.29) is 0 Å². The Hall–Kier alpha value is -1.81. The average Bonchev–Trinajstić information content (AvgIpc) is 2.34. The van der Waals surface area contributed by atoms with E-state index in [2.05, 4.69) is 6.58 Å². The lowest BCUT2D eigenvalue weighted by Gasteiger charge is -2.11. The number of nitrogens with two attached hydrogens (primary N) is 1. The highest BCUT2D eigenvalue weighted by atomic mass is 16.5. The van der Waals surface area contributed by atoms with Crippen molar-refractivity contribution in [3.63, 3.8) is 0 Å². The van der Waals surface area contributed by atoms with Crippen LogP contribution in [0.25, 0.3) is 0 Å². The molecular formula is C13H17NO3. The number of rotatable bonds is 7. The Morgan fingerprint density at radius 1 is 1.53 bits per heavy atom. The van der Waals surface area contributed by atoms with Gasteiger partial charge in [-0.25, -0.2) is 0 Å². The van der Waals surface area contributed by atoms with E-state index >= 15 is 0 Å². The molecule has 92 valence electrons. The molecule has 0 saturated heterocycles. The summed E-state index contributed by atoms with van der Waals surface area (Å²) in [6, 6.07) is 6.70. The summed E-state index contributed by atoms with van der Waals surface area (Å²) in [6.45, 7) is 4.01. The maximum atomic E-state index is 10.6. The molecule has 0 aliphatic carbocycles. The molecule has 0 amide bonds. The number of carbonyl (C=O) groups is 1. The summed E-state index contributed by atoms with van der Waals surface area (Å²) in [6.07, 6.45) is 2.64. The molecule has 0 heterocycles. The maximum Gasteiger partial charge on any atom is 0.320 e. The van der Waals surface area contributed by atoms with Gasteiger partial charge in [0, 0.05) is 0 Å². The zero-order valence-corrected chi connectivity index (χ0v) is 9.63. The Labute approximate surface area is 101 Å². The highest BCUT2D eigenvalue weighted by Gasteiger charge is 2.12. The number of aryl methyl sites for hydroxylation is 1. The van der Waals surface area contributed by atoms with E-state index in [4.69, 9.17) is 15.6 Å². The number of carboxylic acids is 1. The molecule has 3 N–H and O–H groups in total. The summed E-state index contributed by atoms with van der Waals surface area (Å²) in [7, 11) is 0. The van der Waals surface area contributed by atoms with Crippen molar-refractivity contribution in [1.29, 1.82) is 0 Å². The van der Waals surface area contributed by atoms with Crippen molar-refractivity contribution in [2.45, 2.75) is 18.9 Å². The fraction of sp³-hybridized carbons (Fsp3) is 0.308. The minimum atomic E-state index is -0.977. The first-order valence-electron chi connectivity index (χ1n) is 5.45. The summed E-state index contributed by atoms with van der Waals surface area (Å²) in [5.74, 6) is -0.223. The summed E-state index contributed by atoms with van der Waals surface area (Å²) in [5.41, 5.74) is 6.42. The number of carboxylic acid groups (broad SMARTS) is 1. The fourth-order valence-electron chi connectivity index (χ4n) is 1.43. The number of para-hydroxylation sites is 1. The first-order valence-corrected chi connectivity index (χ1v) is 5.45. The van der Waals surface area contributed by atoms with Crippen LogP contribution in [0.3, 0.4) is 0 Å². The SMILES string of the molecule is C=CCOc1ccccc1CCC(N)C(=O)O. The number of hydrogen-bond donors (Lipinski definition) is 2. The molecule has 0 aliphatic rings. The summed E-state index contributed by atoms with van der Waals surface area (Å²) < 4.78 is 5.47. The average molecular weight is 235 g/mol. The standard InChI is InChI=1S/C13H17NO3/c1-2-9-17-12-6-4-3-5-10(12)7-8-11(14)13(15)16/h2-6,11H,1,7-9,14H2,(H,15,16). The molecule has 0 saturated carbocycles. The van der Waals surface area contributed by atoms with Crippen molar-refractivity contribution in [1.82, 2.24) is 0 Å². The van der Waals surface area contributed by atoms with Crippen molar-refractivity contribution in [2.75, 3.05) is 6.61 Å². The molecule has 4 heteroatoms. The minimum Gasteiger partial charge on any atom is -0.489 e. The van der Waals surface area contributed by atoms with Gasteiger partial charge in [-0.15, -0.1) is 0 Å². The third-order valence-electron chi connectivity index (χ3n) is 2.37. The Morgan fingerprint density at radius 2 is 2.24 bits per heavy atom. The van der Waals surface area contributed by atoms with Gasteiger partial charge in [0.05, 0.1) is 0 Å². The molecule has 1 unspecified atom stereocenters. The molecule has 0 aromatic heterocycles. The Balaban J connectivity index is 2.63. The van der Waals surface area contributed by atoms with Gasteiger partial charge in [0.2, 0.25) is 0 Å². The lowest BCUT2D eigenvalue weighted by Crippen LogP contribution is -2.30. The van der Waals surface area contributed by atoms with Crippen LogP contribution in [0.4, 0.5) is 0 Å². The molecule has 0 bridgehead atoms. The zero-order chi connectivity index (χ0) is 12.7. The number of ether oxygens (including phenoxy) is 1.